The molecule has 3 heterocycles. The highest BCUT2D eigenvalue weighted by atomic mass is 16.2. The number of aryl methyl sites for hydroxylation is 1. The predicted molar refractivity (Wildman–Crippen MR) is 107 cm³/mol. The van der Waals surface area contributed by atoms with Gasteiger partial charge in [-0.15, -0.1) is 0 Å². The highest BCUT2D eigenvalue weighted by Gasteiger charge is 2.56. The standard InChI is InChI=1S/C22H20N4O2/c1-3-25-18-10-9-14(2)11-16(18)22(21(25)28)12-19(27)24-20-17(22)13-23-26(20)15-7-5-4-6-8-15/h4-11,13H,3,12H2,1-2H3,(H,24,27). The van der Waals surface area contributed by atoms with Gasteiger partial charge >= 0.3 is 0 Å². The Morgan fingerprint density at radius 3 is 2.64 bits per heavy atom. The molecule has 2 amide bonds. The van der Waals surface area contributed by atoms with Gasteiger partial charge in [-0.1, -0.05) is 35.9 Å². The number of anilines is 2. The summed E-state index contributed by atoms with van der Waals surface area (Å²) in [6, 6.07) is 15.6. The minimum absolute atomic E-state index is 0.0562. The van der Waals surface area contributed by atoms with Crippen LogP contribution in [0.25, 0.3) is 5.69 Å². The summed E-state index contributed by atoms with van der Waals surface area (Å²) in [4.78, 5) is 28.2. The summed E-state index contributed by atoms with van der Waals surface area (Å²) in [5.74, 6) is 0.337. The fourth-order valence-corrected chi connectivity index (χ4v) is 4.49. The molecule has 1 spiro atoms. The van der Waals surface area contributed by atoms with E-state index in [-0.39, 0.29) is 18.2 Å². The summed E-state index contributed by atoms with van der Waals surface area (Å²) in [5.41, 5.74) is 3.40. The van der Waals surface area contributed by atoms with Crippen molar-refractivity contribution in [3.05, 3.63) is 71.4 Å². The van der Waals surface area contributed by atoms with Crippen LogP contribution in [0.1, 0.15) is 30.0 Å². The second-order valence-corrected chi connectivity index (χ2v) is 7.35. The van der Waals surface area contributed by atoms with Gasteiger partial charge < -0.3 is 10.2 Å². The van der Waals surface area contributed by atoms with Crippen LogP contribution in [-0.4, -0.2) is 28.1 Å². The Morgan fingerprint density at radius 1 is 1.11 bits per heavy atom. The molecule has 0 aliphatic carbocycles. The van der Waals surface area contributed by atoms with Gasteiger partial charge in [0.25, 0.3) is 0 Å². The number of carbonyl (C=O) groups excluding carboxylic acids is 2. The number of nitrogens with zero attached hydrogens (tertiary/aromatic N) is 3. The topological polar surface area (TPSA) is 67.2 Å². The minimum Gasteiger partial charge on any atom is -0.311 e. The highest BCUT2D eigenvalue weighted by molar-refractivity contribution is 6.15. The Balaban J connectivity index is 1.80. The van der Waals surface area contributed by atoms with Crippen LogP contribution in [0.3, 0.4) is 0 Å². The summed E-state index contributed by atoms with van der Waals surface area (Å²) in [5, 5.41) is 7.48. The molecule has 2 aliphatic rings. The zero-order valence-corrected chi connectivity index (χ0v) is 15.8. The highest BCUT2D eigenvalue weighted by Crippen LogP contribution is 2.52. The van der Waals surface area contributed by atoms with E-state index < -0.39 is 5.41 Å². The smallest absolute Gasteiger partial charge is 0.242 e. The molecule has 1 atom stereocenters. The van der Waals surface area contributed by atoms with Gasteiger partial charge in [0, 0.05) is 24.2 Å². The molecule has 2 aliphatic heterocycles. The zero-order chi connectivity index (χ0) is 19.5. The molecule has 0 fully saturated rings. The van der Waals surface area contributed by atoms with Crippen LogP contribution in [0, 0.1) is 6.92 Å². The molecule has 5 rings (SSSR count). The lowest BCUT2D eigenvalue weighted by Crippen LogP contribution is -2.46. The average Bonchev–Trinajstić information content (AvgIpc) is 3.21. The lowest BCUT2D eigenvalue weighted by atomic mass is 9.71. The van der Waals surface area contributed by atoms with E-state index in [1.54, 1.807) is 15.8 Å². The van der Waals surface area contributed by atoms with E-state index in [1.807, 2.05) is 62.4 Å². The first-order valence-electron chi connectivity index (χ1n) is 9.43. The van der Waals surface area contributed by atoms with Gasteiger partial charge in [0.1, 0.15) is 11.2 Å². The third-order valence-electron chi connectivity index (χ3n) is 5.74. The molecular formula is C22H20N4O2. The van der Waals surface area contributed by atoms with Crippen LogP contribution in [0.15, 0.2) is 54.7 Å². The largest absolute Gasteiger partial charge is 0.311 e. The van der Waals surface area contributed by atoms with Crippen molar-refractivity contribution >= 4 is 23.3 Å². The van der Waals surface area contributed by atoms with E-state index in [2.05, 4.69) is 10.4 Å². The van der Waals surface area contributed by atoms with Crippen molar-refractivity contribution in [2.45, 2.75) is 25.7 Å². The van der Waals surface area contributed by atoms with Crippen molar-refractivity contribution in [2.75, 3.05) is 16.8 Å². The van der Waals surface area contributed by atoms with Gasteiger partial charge in [0.2, 0.25) is 11.8 Å². The molecule has 0 saturated carbocycles. The number of hydrogen-bond donors (Lipinski definition) is 1. The van der Waals surface area contributed by atoms with Crippen molar-refractivity contribution in [1.82, 2.24) is 9.78 Å². The van der Waals surface area contributed by atoms with Crippen LogP contribution in [-0.2, 0) is 15.0 Å². The number of amides is 2. The molecule has 1 aromatic heterocycles. The number of carbonyl (C=O) groups is 2. The zero-order valence-electron chi connectivity index (χ0n) is 15.8. The van der Waals surface area contributed by atoms with E-state index >= 15 is 0 Å². The van der Waals surface area contributed by atoms with Gasteiger partial charge in [0.15, 0.2) is 0 Å². The van der Waals surface area contributed by atoms with Crippen LogP contribution in [0.5, 0.6) is 0 Å². The average molecular weight is 372 g/mol. The number of nitrogens with one attached hydrogen (secondary N) is 1. The molecule has 6 heteroatoms. The predicted octanol–water partition coefficient (Wildman–Crippen LogP) is 3.18. The van der Waals surface area contributed by atoms with Gasteiger partial charge in [-0.3, -0.25) is 9.59 Å². The number of aromatic nitrogens is 2. The Morgan fingerprint density at radius 2 is 1.89 bits per heavy atom. The van der Waals surface area contributed by atoms with E-state index in [9.17, 15) is 9.59 Å². The first kappa shape index (κ1) is 16.7. The number of fused-ring (bicyclic) bond motifs is 4. The van der Waals surface area contributed by atoms with Gasteiger partial charge in [0.05, 0.1) is 11.9 Å². The van der Waals surface area contributed by atoms with Crippen LogP contribution >= 0.6 is 0 Å². The maximum absolute atomic E-state index is 13.6. The van der Waals surface area contributed by atoms with E-state index in [1.165, 1.54) is 0 Å². The van der Waals surface area contributed by atoms with Crippen LogP contribution in [0.2, 0.25) is 0 Å². The van der Waals surface area contributed by atoms with Gasteiger partial charge in [-0.2, -0.15) is 5.10 Å². The van der Waals surface area contributed by atoms with Crippen molar-refractivity contribution in [3.8, 4) is 5.69 Å². The Bertz CT molecular complexity index is 1120. The summed E-state index contributed by atoms with van der Waals surface area (Å²) in [6.45, 7) is 4.52. The quantitative estimate of drug-likeness (QED) is 0.751. The molecular weight excluding hydrogens is 352 g/mol. The Labute approximate surface area is 162 Å². The molecule has 6 nitrogen and oxygen atoms in total. The number of hydrogen-bond acceptors (Lipinski definition) is 3. The molecule has 0 bridgehead atoms. The number of para-hydroxylation sites is 1. The molecule has 3 aromatic rings. The Kier molecular flexibility index (Phi) is 3.46. The fraction of sp³-hybridized carbons (Fsp3) is 0.227. The molecule has 1 unspecified atom stereocenters. The van der Waals surface area contributed by atoms with E-state index in [4.69, 9.17) is 0 Å². The molecule has 1 N–H and O–H groups in total. The Hall–Kier alpha value is -3.41. The number of likely N-dealkylation sites (N-methyl/N-ethyl adjacent to an activating group) is 1. The summed E-state index contributed by atoms with van der Waals surface area (Å²) >= 11 is 0. The summed E-state index contributed by atoms with van der Waals surface area (Å²) < 4.78 is 1.70. The van der Waals surface area contributed by atoms with Crippen LogP contribution < -0.4 is 10.2 Å². The second-order valence-electron chi connectivity index (χ2n) is 7.35. The fourth-order valence-electron chi connectivity index (χ4n) is 4.49. The molecule has 2 aromatic carbocycles. The number of rotatable bonds is 2. The maximum atomic E-state index is 13.6. The molecule has 0 radical (unpaired) electrons. The summed E-state index contributed by atoms with van der Waals surface area (Å²) in [7, 11) is 0. The molecule has 140 valence electrons. The van der Waals surface area contributed by atoms with E-state index in [0.29, 0.717) is 12.4 Å². The third kappa shape index (κ3) is 2.05. The maximum Gasteiger partial charge on any atom is 0.242 e. The molecule has 0 saturated heterocycles. The lowest BCUT2D eigenvalue weighted by molar-refractivity contribution is -0.126. The lowest BCUT2D eigenvalue weighted by Gasteiger charge is -2.32. The third-order valence-corrected chi connectivity index (χ3v) is 5.74. The first-order valence-corrected chi connectivity index (χ1v) is 9.43. The molecule has 28 heavy (non-hydrogen) atoms. The normalized spacial score (nSPS) is 20.3. The van der Waals surface area contributed by atoms with Crippen molar-refractivity contribution in [2.24, 2.45) is 0 Å². The first-order chi connectivity index (χ1) is 13.6. The number of benzene rings is 2. The SMILES string of the molecule is CCN1C(=O)C2(CC(=O)Nc3c2cnn3-c2ccccc2)c2cc(C)ccc21. The van der Waals surface area contributed by atoms with Crippen molar-refractivity contribution < 1.29 is 9.59 Å². The van der Waals surface area contributed by atoms with E-state index in [0.717, 1.165) is 28.1 Å². The van der Waals surface area contributed by atoms with Crippen LogP contribution in [0.4, 0.5) is 11.5 Å². The van der Waals surface area contributed by atoms with Crippen molar-refractivity contribution in [3.63, 3.8) is 0 Å². The minimum atomic E-state index is -1.03. The monoisotopic (exact) mass is 372 g/mol. The van der Waals surface area contributed by atoms with Gasteiger partial charge in [-0.25, -0.2) is 4.68 Å². The summed E-state index contributed by atoms with van der Waals surface area (Å²) in [6.07, 6.45) is 1.82. The van der Waals surface area contributed by atoms with Gasteiger partial charge in [-0.05, 0) is 37.6 Å². The van der Waals surface area contributed by atoms with Crippen molar-refractivity contribution in [1.29, 1.82) is 0 Å². The second kappa shape index (κ2) is 5.79.